The number of hydrogen-bond donors (Lipinski definition) is 4. The summed E-state index contributed by atoms with van der Waals surface area (Å²) in [5.74, 6) is 2.11. The molecule has 65 heavy (non-hydrogen) atoms. The van der Waals surface area contributed by atoms with E-state index in [-0.39, 0.29) is 22.3 Å². The predicted octanol–water partition coefficient (Wildman–Crippen LogP) is 9.83. The number of halogens is 7. The molecule has 344 valence electrons. The Balaban J connectivity index is 0.000000178. The van der Waals surface area contributed by atoms with Crippen LogP contribution in [0.3, 0.4) is 0 Å². The van der Waals surface area contributed by atoms with Crippen molar-refractivity contribution in [2.24, 2.45) is 0 Å². The molecule has 0 bridgehead atoms. The molecule has 14 nitrogen and oxygen atoms in total. The lowest BCUT2D eigenvalue weighted by molar-refractivity contribution is -0.138. The van der Waals surface area contributed by atoms with Crippen molar-refractivity contribution in [2.45, 2.75) is 12.4 Å². The summed E-state index contributed by atoms with van der Waals surface area (Å²) in [4.78, 5) is 19.8. The third-order valence-electron chi connectivity index (χ3n) is 9.66. The number of aromatic nitrogens is 4. The van der Waals surface area contributed by atoms with Gasteiger partial charge in [0.05, 0.1) is 74.5 Å². The molecule has 0 amide bonds. The van der Waals surface area contributed by atoms with Crippen molar-refractivity contribution in [1.29, 1.82) is 0 Å². The number of nitrogens with two attached hydrogens (primary N) is 1. The van der Waals surface area contributed by atoms with Crippen molar-refractivity contribution in [1.82, 2.24) is 19.9 Å². The zero-order valence-corrected chi connectivity index (χ0v) is 35.8. The fourth-order valence-corrected chi connectivity index (χ4v) is 6.58. The van der Waals surface area contributed by atoms with E-state index in [4.69, 9.17) is 36.3 Å². The molecule has 0 saturated carbocycles. The molecule has 2 aromatic carbocycles. The first-order valence-electron chi connectivity index (χ1n) is 19.9. The van der Waals surface area contributed by atoms with Gasteiger partial charge in [-0.05, 0) is 54.6 Å². The van der Waals surface area contributed by atoms with Gasteiger partial charge in [-0.3, -0.25) is 0 Å². The van der Waals surface area contributed by atoms with Gasteiger partial charge in [0, 0.05) is 80.5 Å². The number of rotatable bonds is 10. The number of benzene rings is 2. The second-order valence-corrected chi connectivity index (χ2v) is 14.4. The number of nitrogen functional groups attached to an aromatic ring is 1. The van der Waals surface area contributed by atoms with Crippen molar-refractivity contribution in [3.63, 3.8) is 0 Å². The van der Waals surface area contributed by atoms with Crippen LogP contribution in [0.1, 0.15) is 11.1 Å². The van der Waals surface area contributed by atoms with Gasteiger partial charge in [0.2, 0.25) is 0 Å². The number of alkyl halides is 6. The van der Waals surface area contributed by atoms with E-state index in [1.165, 1.54) is 25.6 Å². The fourth-order valence-electron chi connectivity index (χ4n) is 6.42. The van der Waals surface area contributed by atoms with Crippen LogP contribution in [-0.2, 0) is 21.8 Å². The van der Waals surface area contributed by atoms with Gasteiger partial charge in [-0.2, -0.15) is 26.3 Å². The van der Waals surface area contributed by atoms with Crippen LogP contribution in [0.2, 0.25) is 5.15 Å². The summed E-state index contributed by atoms with van der Waals surface area (Å²) in [6.45, 7) is 6.28. The zero-order chi connectivity index (χ0) is 46.4. The molecule has 0 spiro atoms. The number of ether oxygens (including phenoxy) is 4. The molecule has 5 N–H and O–H groups in total. The van der Waals surface area contributed by atoms with Gasteiger partial charge >= 0.3 is 12.4 Å². The Kier molecular flexibility index (Phi) is 16.3. The van der Waals surface area contributed by atoms with E-state index in [1.54, 1.807) is 43.5 Å². The van der Waals surface area contributed by atoms with Crippen molar-refractivity contribution in [3.05, 3.63) is 126 Å². The molecule has 2 aliphatic heterocycles. The summed E-state index contributed by atoms with van der Waals surface area (Å²) in [5.41, 5.74) is 7.03. The molecule has 0 aliphatic carbocycles. The van der Waals surface area contributed by atoms with E-state index >= 15 is 0 Å². The number of methoxy groups -OCH3 is 2. The van der Waals surface area contributed by atoms with Crippen LogP contribution in [0.15, 0.2) is 110 Å². The number of hydrogen-bond acceptors (Lipinski definition) is 14. The van der Waals surface area contributed by atoms with Gasteiger partial charge in [-0.25, -0.2) is 19.9 Å². The standard InChI is InChI=1S/C22H22F3N5O2.C11H7ClF3N3.C11H16N2O2/c1-31-19-12-15(30-8-10-32-11-9-30)5-6-17(19)28-21-13-18(16(14-27-21)22(23,24)25)29-20-4-2-3-7-26-20;12-9-5-8(7(6-17-9)11(13,14)15)18-10-3-1-2-4-16-10;1-14-11-8-9(2-3-10(11)12)13-4-6-15-7-5-13/h2-7,12-14H,8-11H2,1H3,(H2,26,27,28,29);1-6H,(H,16,17,18);2-3,8H,4-7,12H2,1H3. The van der Waals surface area contributed by atoms with E-state index in [0.717, 1.165) is 68.8 Å². The lowest BCUT2D eigenvalue weighted by Crippen LogP contribution is -2.36. The van der Waals surface area contributed by atoms with Crippen LogP contribution in [0.25, 0.3) is 0 Å². The molecule has 4 aromatic heterocycles. The third kappa shape index (κ3) is 13.6. The van der Waals surface area contributed by atoms with E-state index in [1.807, 2.05) is 36.4 Å². The molecule has 2 saturated heterocycles. The second kappa shape index (κ2) is 22.2. The fraction of sp³-hybridized carbons (Fsp3) is 0.273. The highest BCUT2D eigenvalue weighted by Crippen LogP contribution is 2.39. The maximum absolute atomic E-state index is 13.5. The molecular weight excluding hydrogens is 882 g/mol. The summed E-state index contributed by atoms with van der Waals surface area (Å²) in [7, 11) is 3.17. The summed E-state index contributed by atoms with van der Waals surface area (Å²) < 4.78 is 100. The molecule has 2 aliphatic rings. The minimum absolute atomic E-state index is 0.0265. The zero-order valence-electron chi connectivity index (χ0n) is 35.1. The van der Waals surface area contributed by atoms with Crippen LogP contribution < -0.4 is 41.0 Å². The van der Waals surface area contributed by atoms with Crippen molar-refractivity contribution in [3.8, 4) is 11.5 Å². The Morgan fingerprint density at radius 1 is 0.569 bits per heavy atom. The minimum atomic E-state index is -4.57. The van der Waals surface area contributed by atoms with Crippen molar-refractivity contribution < 1.29 is 45.3 Å². The summed E-state index contributed by atoms with van der Waals surface area (Å²) in [5, 5.41) is 8.31. The molecule has 21 heteroatoms. The highest BCUT2D eigenvalue weighted by atomic mass is 35.5. The van der Waals surface area contributed by atoms with Gasteiger partial charge in [0.1, 0.15) is 34.1 Å². The predicted molar refractivity (Wildman–Crippen MR) is 238 cm³/mol. The number of anilines is 9. The first kappa shape index (κ1) is 47.7. The van der Waals surface area contributed by atoms with E-state index in [2.05, 4.69) is 45.7 Å². The molecule has 0 unspecified atom stereocenters. The first-order valence-corrected chi connectivity index (χ1v) is 20.3. The number of morpholine rings is 2. The third-order valence-corrected chi connectivity index (χ3v) is 9.86. The summed E-state index contributed by atoms with van der Waals surface area (Å²) in [6, 6.07) is 23.7. The quantitative estimate of drug-likeness (QED) is 0.0585. The average Bonchev–Trinajstić information content (AvgIpc) is 3.30. The molecular formula is C44H45ClF6N10O4. The largest absolute Gasteiger partial charge is 0.495 e. The van der Waals surface area contributed by atoms with E-state index in [9.17, 15) is 26.3 Å². The number of nitrogens with one attached hydrogen (secondary N) is 3. The Morgan fingerprint density at radius 3 is 1.54 bits per heavy atom. The van der Waals surface area contributed by atoms with Crippen LogP contribution in [-0.4, -0.2) is 86.8 Å². The van der Waals surface area contributed by atoms with Crippen LogP contribution in [0, 0.1) is 0 Å². The molecule has 2 fully saturated rings. The Morgan fingerprint density at radius 2 is 1.05 bits per heavy atom. The van der Waals surface area contributed by atoms with Crippen molar-refractivity contribution in [2.75, 3.05) is 98.3 Å². The van der Waals surface area contributed by atoms with Gasteiger partial charge in [0.15, 0.2) is 0 Å². The SMILES string of the molecule is COc1cc(N2CCOCC2)ccc1N.COc1cc(N2CCOCC2)ccc1Nc1cc(Nc2ccccn2)c(C(F)(F)F)cn1.FC(F)(F)c1cnc(Cl)cc1Nc1ccccn1. The molecule has 6 heterocycles. The highest BCUT2D eigenvalue weighted by Gasteiger charge is 2.35. The minimum Gasteiger partial charge on any atom is -0.495 e. The average molecular weight is 927 g/mol. The maximum atomic E-state index is 13.5. The Bertz CT molecular complexity index is 2450. The Hall–Kier alpha value is -6.77. The van der Waals surface area contributed by atoms with Crippen molar-refractivity contribution >= 4 is 63.2 Å². The maximum Gasteiger partial charge on any atom is 0.419 e. The second-order valence-electron chi connectivity index (χ2n) is 14.0. The molecule has 6 aromatic rings. The normalized spacial score (nSPS) is 13.9. The monoisotopic (exact) mass is 926 g/mol. The van der Waals surface area contributed by atoms with E-state index in [0.29, 0.717) is 48.2 Å². The van der Waals surface area contributed by atoms with Gasteiger partial charge < -0.3 is 50.4 Å². The smallest absolute Gasteiger partial charge is 0.419 e. The number of pyridine rings is 4. The first-order chi connectivity index (χ1) is 31.2. The molecule has 0 atom stereocenters. The van der Waals surface area contributed by atoms with Gasteiger partial charge in [-0.15, -0.1) is 0 Å². The highest BCUT2D eigenvalue weighted by molar-refractivity contribution is 6.29. The van der Waals surface area contributed by atoms with Gasteiger partial charge in [0.25, 0.3) is 0 Å². The molecule has 0 radical (unpaired) electrons. The summed E-state index contributed by atoms with van der Waals surface area (Å²) in [6.07, 6.45) is -4.63. The van der Waals surface area contributed by atoms with E-state index < -0.39 is 23.5 Å². The molecule has 8 rings (SSSR count). The van der Waals surface area contributed by atoms with Crippen LogP contribution >= 0.6 is 11.6 Å². The Labute approximate surface area is 375 Å². The lowest BCUT2D eigenvalue weighted by Gasteiger charge is -2.29. The lowest BCUT2D eigenvalue weighted by atomic mass is 10.2. The van der Waals surface area contributed by atoms with Gasteiger partial charge in [-0.1, -0.05) is 23.7 Å². The van der Waals surface area contributed by atoms with Crippen LogP contribution in [0.4, 0.5) is 77.9 Å². The van der Waals surface area contributed by atoms with Crippen LogP contribution in [0.5, 0.6) is 11.5 Å². The topological polar surface area (TPSA) is 157 Å². The number of nitrogens with zero attached hydrogens (tertiary/aromatic N) is 6. The summed E-state index contributed by atoms with van der Waals surface area (Å²) >= 11 is 5.59.